The standard InChI is InChI=1S/C12H10ClFN2/c13-10-2-1-3-11(14)9(10)6-8-7-16-5-4-12(8)15/h1-5,7H,6H2,(H2,15,16). The van der Waals surface area contributed by atoms with Gasteiger partial charge in [-0.15, -0.1) is 0 Å². The fraction of sp³-hybridized carbons (Fsp3) is 0.0833. The largest absolute Gasteiger partial charge is 0.398 e. The Bertz CT molecular complexity index is 494. The summed E-state index contributed by atoms with van der Waals surface area (Å²) in [6.45, 7) is 0. The number of hydrogen-bond acceptors (Lipinski definition) is 2. The first-order valence-electron chi connectivity index (χ1n) is 4.79. The minimum absolute atomic E-state index is 0.323. The van der Waals surface area contributed by atoms with Crippen LogP contribution in [0.4, 0.5) is 10.1 Å². The maximum absolute atomic E-state index is 13.5. The molecule has 0 aliphatic heterocycles. The molecule has 0 atom stereocenters. The van der Waals surface area contributed by atoms with Gasteiger partial charge in [0.2, 0.25) is 0 Å². The monoisotopic (exact) mass is 236 g/mol. The first-order chi connectivity index (χ1) is 7.68. The van der Waals surface area contributed by atoms with Crippen molar-refractivity contribution in [3.8, 4) is 0 Å². The summed E-state index contributed by atoms with van der Waals surface area (Å²) >= 11 is 5.93. The lowest BCUT2D eigenvalue weighted by Crippen LogP contribution is -1.99. The zero-order chi connectivity index (χ0) is 11.5. The molecule has 2 nitrogen and oxygen atoms in total. The molecule has 0 aliphatic carbocycles. The van der Waals surface area contributed by atoms with Crippen LogP contribution in [0.3, 0.4) is 0 Å². The van der Waals surface area contributed by atoms with E-state index in [4.69, 9.17) is 17.3 Å². The van der Waals surface area contributed by atoms with E-state index < -0.39 is 0 Å². The highest BCUT2D eigenvalue weighted by atomic mass is 35.5. The number of rotatable bonds is 2. The second-order valence-electron chi connectivity index (χ2n) is 3.45. The smallest absolute Gasteiger partial charge is 0.128 e. The fourth-order valence-electron chi connectivity index (χ4n) is 1.48. The van der Waals surface area contributed by atoms with Gasteiger partial charge in [-0.3, -0.25) is 4.98 Å². The van der Waals surface area contributed by atoms with Crippen molar-refractivity contribution in [2.24, 2.45) is 0 Å². The molecule has 1 aromatic heterocycles. The summed E-state index contributed by atoms with van der Waals surface area (Å²) in [5, 5.41) is 0.406. The van der Waals surface area contributed by atoms with Crippen molar-refractivity contribution in [3.63, 3.8) is 0 Å². The van der Waals surface area contributed by atoms with Crippen LogP contribution in [0.1, 0.15) is 11.1 Å². The molecule has 0 spiro atoms. The van der Waals surface area contributed by atoms with Gasteiger partial charge in [0.25, 0.3) is 0 Å². The molecule has 0 radical (unpaired) electrons. The van der Waals surface area contributed by atoms with E-state index in [1.165, 1.54) is 6.07 Å². The highest BCUT2D eigenvalue weighted by Gasteiger charge is 2.09. The Labute approximate surface area is 97.9 Å². The van der Waals surface area contributed by atoms with E-state index >= 15 is 0 Å². The number of aromatic nitrogens is 1. The number of anilines is 1. The quantitative estimate of drug-likeness (QED) is 0.871. The maximum Gasteiger partial charge on any atom is 0.128 e. The molecule has 4 heteroatoms. The molecule has 1 aromatic carbocycles. The van der Waals surface area contributed by atoms with Crippen LogP contribution in [0.25, 0.3) is 0 Å². The number of pyridine rings is 1. The molecule has 0 saturated carbocycles. The third-order valence-corrected chi connectivity index (χ3v) is 2.72. The van der Waals surface area contributed by atoms with Gasteiger partial charge < -0.3 is 5.73 Å². The van der Waals surface area contributed by atoms with Crippen LogP contribution in [0.2, 0.25) is 5.02 Å². The van der Waals surface area contributed by atoms with Gasteiger partial charge in [0.15, 0.2) is 0 Å². The van der Waals surface area contributed by atoms with Gasteiger partial charge in [-0.05, 0) is 23.8 Å². The Balaban J connectivity index is 2.38. The van der Waals surface area contributed by atoms with Gasteiger partial charge in [-0.2, -0.15) is 0 Å². The van der Waals surface area contributed by atoms with E-state index in [0.717, 1.165) is 5.56 Å². The van der Waals surface area contributed by atoms with E-state index in [1.807, 2.05) is 0 Å². The predicted octanol–water partition coefficient (Wildman–Crippen LogP) is 3.05. The van der Waals surface area contributed by atoms with Crippen LogP contribution in [0, 0.1) is 5.82 Å². The summed E-state index contributed by atoms with van der Waals surface area (Å²) in [5.41, 5.74) is 7.58. The molecule has 82 valence electrons. The Kier molecular flexibility index (Phi) is 3.06. The van der Waals surface area contributed by atoms with E-state index in [2.05, 4.69) is 4.98 Å². The van der Waals surface area contributed by atoms with E-state index in [9.17, 15) is 4.39 Å². The van der Waals surface area contributed by atoms with Gasteiger partial charge >= 0.3 is 0 Å². The van der Waals surface area contributed by atoms with E-state index in [1.54, 1.807) is 30.6 Å². The van der Waals surface area contributed by atoms with Crippen molar-refractivity contribution < 1.29 is 4.39 Å². The van der Waals surface area contributed by atoms with Crippen molar-refractivity contribution >= 4 is 17.3 Å². The molecule has 2 N–H and O–H groups in total. The van der Waals surface area contributed by atoms with Crippen molar-refractivity contribution in [3.05, 3.63) is 58.6 Å². The predicted molar refractivity (Wildman–Crippen MR) is 62.9 cm³/mol. The first kappa shape index (κ1) is 10.9. The molecule has 0 aliphatic rings. The summed E-state index contributed by atoms with van der Waals surface area (Å²) in [6, 6.07) is 6.30. The van der Waals surface area contributed by atoms with Gasteiger partial charge in [-0.1, -0.05) is 17.7 Å². The molecule has 0 unspecified atom stereocenters. The lowest BCUT2D eigenvalue weighted by Gasteiger charge is -2.07. The Morgan fingerprint density at radius 3 is 2.81 bits per heavy atom. The Morgan fingerprint density at radius 1 is 1.31 bits per heavy atom. The molecule has 2 aromatic rings. The summed E-state index contributed by atoms with van der Waals surface area (Å²) in [7, 11) is 0. The van der Waals surface area contributed by atoms with Gasteiger partial charge in [-0.25, -0.2) is 4.39 Å². The highest BCUT2D eigenvalue weighted by molar-refractivity contribution is 6.31. The second kappa shape index (κ2) is 4.49. The van der Waals surface area contributed by atoms with Crippen molar-refractivity contribution in [1.82, 2.24) is 4.98 Å². The van der Waals surface area contributed by atoms with Crippen molar-refractivity contribution in [2.45, 2.75) is 6.42 Å². The minimum atomic E-state index is -0.323. The zero-order valence-electron chi connectivity index (χ0n) is 8.45. The number of nitrogen functional groups attached to an aromatic ring is 1. The van der Waals surface area contributed by atoms with E-state index in [0.29, 0.717) is 22.7 Å². The third kappa shape index (κ3) is 2.14. The summed E-state index contributed by atoms with van der Waals surface area (Å²) < 4.78 is 13.5. The van der Waals surface area contributed by atoms with Gasteiger partial charge in [0.05, 0.1) is 0 Å². The van der Waals surface area contributed by atoms with Crippen LogP contribution in [0.15, 0.2) is 36.7 Å². The lowest BCUT2D eigenvalue weighted by molar-refractivity contribution is 0.614. The minimum Gasteiger partial charge on any atom is -0.398 e. The molecule has 1 heterocycles. The number of halogens is 2. The molecule has 0 bridgehead atoms. The molecule has 0 saturated heterocycles. The molecule has 0 fully saturated rings. The maximum atomic E-state index is 13.5. The number of hydrogen-bond donors (Lipinski definition) is 1. The second-order valence-corrected chi connectivity index (χ2v) is 3.86. The molecule has 0 amide bonds. The van der Waals surface area contributed by atoms with Crippen LogP contribution < -0.4 is 5.73 Å². The number of nitrogens with zero attached hydrogens (tertiary/aromatic N) is 1. The normalized spacial score (nSPS) is 10.4. The summed E-state index contributed by atoms with van der Waals surface area (Å²) in [4.78, 5) is 3.96. The highest BCUT2D eigenvalue weighted by Crippen LogP contribution is 2.23. The zero-order valence-corrected chi connectivity index (χ0v) is 9.21. The van der Waals surface area contributed by atoms with Crippen molar-refractivity contribution in [2.75, 3.05) is 5.73 Å². The summed E-state index contributed by atoms with van der Waals surface area (Å²) in [5.74, 6) is -0.323. The number of benzene rings is 1. The van der Waals surface area contributed by atoms with Gasteiger partial charge in [0.1, 0.15) is 5.82 Å². The molecular formula is C12H10ClFN2. The summed E-state index contributed by atoms with van der Waals surface area (Å²) in [6.07, 6.45) is 3.57. The van der Waals surface area contributed by atoms with Crippen LogP contribution in [0.5, 0.6) is 0 Å². The molecule has 16 heavy (non-hydrogen) atoms. The number of nitrogens with two attached hydrogens (primary N) is 1. The Hall–Kier alpha value is -1.61. The Morgan fingerprint density at radius 2 is 2.12 bits per heavy atom. The molecular weight excluding hydrogens is 227 g/mol. The lowest BCUT2D eigenvalue weighted by atomic mass is 10.0. The average Bonchev–Trinajstić information content (AvgIpc) is 2.26. The fourth-order valence-corrected chi connectivity index (χ4v) is 1.71. The van der Waals surface area contributed by atoms with Gasteiger partial charge in [0, 0.05) is 35.1 Å². The van der Waals surface area contributed by atoms with Crippen LogP contribution >= 0.6 is 11.6 Å². The van der Waals surface area contributed by atoms with Crippen LogP contribution in [-0.4, -0.2) is 4.98 Å². The van der Waals surface area contributed by atoms with Crippen LogP contribution in [-0.2, 0) is 6.42 Å². The topological polar surface area (TPSA) is 38.9 Å². The van der Waals surface area contributed by atoms with Crippen molar-refractivity contribution in [1.29, 1.82) is 0 Å². The first-order valence-corrected chi connectivity index (χ1v) is 5.17. The molecule has 2 rings (SSSR count). The average molecular weight is 237 g/mol. The van der Waals surface area contributed by atoms with E-state index in [-0.39, 0.29) is 5.82 Å². The third-order valence-electron chi connectivity index (χ3n) is 2.37. The SMILES string of the molecule is Nc1ccncc1Cc1c(F)cccc1Cl.